The molecule has 21 heavy (non-hydrogen) atoms. The van der Waals surface area contributed by atoms with Gasteiger partial charge in [-0.1, -0.05) is 13.0 Å². The summed E-state index contributed by atoms with van der Waals surface area (Å²) in [5.74, 6) is 0.196. The average molecular weight is 295 g/mol. The largest absolute Gasteiger partial charge is 0.497 e. The van der Waals surface area contributed by atoms with Crippen molar-refractivity contribution >= 4 is 11.6 Å². The highest BCUT2D eigenvalue weighted by Gasteiger charge is 2.30. The van der Waals surface area contributed by atoms with Gasteiger partial charge in [0, 0.05) is 17.2 Å². The number of halogens is 2. The summed E-state index contributed by atoms with van der Waals surface area (Å²) in [4.78, 5) is 13.4. The summed E-state index contributed by atoms with van der Waals surface area (Å²) in [6.45, 7) is 3.07. The molecule has 1 atom stereocenters. The van der Waals surface area contributed by atoms with Crippen molar-refractivity contribution in [3.05, 3.63) is 35.4 Å². The fourth-order valence-corrected chi connectivity index (χ4v) is 2.52. The zero-order chi connectivity index (χ0) is 15.6. The van der Waals surface area contributed by atoms with E-state index in [0.29, 0.717) is 17.9 Å². The van der Waals surface area contributed by atoms with Gasteiger partial charge in [-0.25, -0.2) is 8.78 Å². The highest BCUT2D eigenvalue weighted by molar-refractivity contribution is 5.91. The van der Waals surface area contributed by atoms with Gasteiger partial charge in [-0.15, -0.1) is 0 Å². The predicted octanol–water partition coefficient (Wildman–Crippen LogP) is 3.48. The first-order chi connectivity index (χ1) is 9.93. The summed E-state index contributed by atoms with van der Waals surface area (Å²) < 4.78 is 30.7. The molecule has 1 unspecified atom stereocenters. The molecule has 1 aliphatic heterocycles. The fourth-order valence-electron chi connectivity index (χ4n) is 2.52. The first-order valence-electron chi connectivity index (χ1n) is 6.88. The normalized spacial score (nSPS) is 19.0. The Morgan fingerprint density at radius 2 is 2.14 bits per heavy atom. The van der Waals surface area contributed by atoms with Gasteiger partial charge in [0.25, 0.3) is 6.43 Å². The molecule has 0 aromatic heterocycles. The van der Waals surface area contributed by atoms with Gasteiger partial charge in [0.2, 0.25) is 5.91 Å². The zero-order valence-corrected chi connectivity index (χ0v) is 12.4. The van der Waals surface area contributed by atoms with Crippen LogP contribution in [0.15, 0.2) is 24.3 Å². The molecule has 0 N–H and O–H groups in total. The third kappa shape index (κ3) is 3.23. The minimum absolute atomic E-state index is 0.247. The molecule has 0 aliphatic carbocycles. The van der Waals surface area contributed by atoms with Crippen LogP contribution in [0.4, 0.5) is 8.78 Å². The summed E-state index contributed by atoms with van der Waals surface area (Å²) in [6.07, 6.45) is -0.121. The maximum absolute atomic E-state index is 12.8. The Labute approximate surface area is 123 Å². The monoisotopic (exact) mass is 295 g/mol. The molecule has 0 bridgehead atoms. The van der Waals surface area contributed by atoms with Crippen molar-refractivity contribution in [1.82, 2.24) is 4.90 Å². The highest BCUT2D eigenvalue weighted by Crippen LogP contribution is 2.32. The van der Waals surface area contributed by atoms with Gasteiger partial charge in [0.1, 0.15) is 5.75 Å². The molecule has 0 spiro atoms. The van der Waals surface area contributed by atoms with E-state index in [1.54, 1.807) is 20.1 Å². The molecule has 1 amide bonds. The lowest BCUT2D eigenvalue weighted by molar-refractivity contribution is -0.133. The quantitative estimate of drug-likeness (QED) is 0.851. The molecule has 0 saturated carbocycles. The number of methoxy groups -OCH3 is 1. The number of hydrogen-bond acceptors (Lipinski definition) is 2. The van der Waals surface area contributed by atoms with Crippen LogP contribution in [0.3, 0.4) is 0 Å². The van der Waals surface area contributed by atoms with Gasteiger partial charge >= 0.3 is 0 Å². The molecular formula is C16H19F2NO2. The second-order valence-electron chi connectivity index (χ2n) is 5.25. The number of carbonyl (C=O) groups excluding carboxylic acids is 1. The molecule has 1 aliphatic rings. The summed E-state index contributed by atoms with van der Waals surface area (Å²) in [5.41, 5.74) is 2.25. The van der Waals surface area contributed by atoms with E-state index in [2.05, 4.69) is 0 Å². The number of aryl methyl sites for hydroxylation is 1. The lowest BCUT2D eigenvalue weighted by atomic mass is 9.95. The van der Waals surface area contributed by atoms with E-state index in [-0.39, 0.29) is 11.8 Å². The number of carbonyl (C=O) groups is 1. The van der Waals surface area contributed by atoms with Crippen molar-refractivity contribution in [2.45, 2.75) is 26.7 Å². The Bertz CT molecular complexity index is 569. The van der Waals surface area contributed by atoms with Crippen LogP contribution in [0, 0.1) is 12.8 Å². The molecule has 5 heteroatoms. The van der Waals surface area contributed by atoms with E-state index in [0.717, 1.165) is 11.1 Å². The zero-order valence-electron chi connectivity index (χ0n) is 12.4. The van der Waals surface area contributed by atoms with Gasteiger partial charge in [0.15, 0.2) is 0 Å². The van der Waals surface area contributed by atoms with Crippen LogP contribution >= 0.6 is 0 Å². The summed E-state index contributed by atoms with van der Waals surface area (Å²) in [7, 11) is 1.57. The molecule has 114 valence electrons. The minimum Gasteiger partial charge on any atom is -0.497 e. The van der Waals surface area contributed by atoms with Crippen molar-refractivity contribution in [1.29, 1.82) is 0 Å². The van der Waals surface area contributed by atoms with Gasteiger partial charge in [-0.3, -0.25) is 4.79 Å². The molecule has 1 heterocycles. The topological polar surface area (TPSA) is 29.5 Å². The fraction of sp³-hybridized carbons (Fsp3) is 0.438. The average Bonchev–Trinajstić information content (AvgIpc) is 2.44. The van der Waals surface area contributed by atoms with E-state index in [4.69, 9.17) is 4.74 Å². The maximum atomic E-state index is 12.8. The molecule has 2 rings (SSSR count). The van der Waals surface area contributed by atoms with Crippen molar-refractivity contribution in [2.24, 2.45) is 5.92 Å². The summed E-state index contributed by atoms with van der Waals surface area (Å²) in [6, 6.07) is 5.41. The number of rotatable bonds is 4. The highest BCUT2D eigenvalue weighted by atomic mass is 19.3. The van der Waals surface area contributed by atoms with Crippen LogP contribution in [-0.4, -0.2) is 30.9 Å². The molecule has 1 aromatic rings. The van der Waals surface area contributed by atoms with Gasteiger partial charge in [-0.05, 0) is 37.1 Å². The van der Waals surface area contributed by atoms with Gasteiger partial charge in [0.05, 0.1) is 13.7 Å². The van der Waals surface area contributed by atoms with E-state index in [1.807, 2.05) is 25.1 Å². The smallest absolute Gasteiger partial charge is 0.256 e. The molecular weight excluding hydrogens is 276 g/mol. The van der Waals surface area contributed by atoms with Crippen molar-refractivity contribution < 1.29 is 18.3 Å². The lowest BCUT2D eigenvalue weighted by Crippen LogP contribution is -2.39. The lowest BCUT2D eigenvalue weighted by Gasteiger charge is -2.32. The Morgan fingerprint density at radius 3 is 2.71 bits per heavy atom. The molecule has 0 radical (unpaired) electrons. The molecule has 0 saturated heterocycles. The van der Waals surface area contributed by atoms with Gasteiger partial charge in [-0.2, -0.15) is 0 Å². The van der Waals surface area contributed by atoms with Crippen LogP contribution in [0.2, 0.25) is 0 Å². The van der Waals surface area contributed by atoms with Crippen molar-refractivity contribution in [3.63, 3.8) is 0 Å². The third-order valence-corrected chi connectivity index (χ3v) is 3.67. The second kappa shape index (κ2) is 6.24. The van der Waals surface area contributed by atoms with Gasteiger partial charge < -0.3 is 9.64 Å². The second-order valence-corrected chi connectivity index (χ2v) is 5.25. The standard InChI is InChI=1S/C16H19F2NO2/c1-10-4-7-14(19(16(10)20)9-15(17)18)13-6-5-12(21-3)8-11(13)2/h5-8,10,15H,4,9H2,1-3H3. The van der Waals surface area contributed by atoms with E-state index >= 15 is 0 Å². The maximum Gasteiger partial charge on any atom is 0.256 e. The van der Waals surface area contributed by atoms with Crippen LogP contribution in [-0.2, 0) is 4.79 Å². The Balaban J connectivity index is 2.41. The van der Waals surface area contributed by atoms with Crippen molar-refractivity contribution in [2.75, 3.05) is 13.7 Å². The predicted molar refractivity (Wildman–Crippen MR) is 77.2 cm³/mol. The number of amides is 1. The molecule has 0 fully saturated rings. The number of ether oxygens (including phenoxy) is 1. The van der Waals surface area contributed by atoms with E-state index in [1.165, 1.54) is 4.90 Å². The first-order valence-corrected chi connectivity index (χ1v) is 6.88. The minimum atomic E-state index is -2.55. The third-order valence-electron chi connectivity index (χ3n) is 3.67. The summed E-state index contributed by atoms with van der Waals surface area (Å²) in [5, 5.41) is 0. The Morgan fingerprint density at radius 1 is 1.43 bits per heavy atom. The number of benzene rings is 1. The van der Waals surface area contributed by atoms with Crippen LogP contribution < -0.4 is 4.74 Å². The van der Waals surface area contributed by atoms with E-state index in [9.17, 15) is 13.6 Å². The Hall–Kier alpha value is -1.91. The Kier molecular flexibility index (Phi) is 4.60. The number of alkyl halides is 2. The van der Waals surface area contributed by atoms with Crippen LogP contribution in [0.5, 0.6) is 5.75 Å². The van der Waals surface area contributed by atoms with Crippen molar-refractivity contribution in [3.8, 4) is 5.75 Å². The van der Waals surface area contributed by atoms with Crippen LogP contribution in [0.1, 0.15) is 24.5 Å². The first kappa shape index (κ1) is 15.5. The molecule has 3 nitrogen and oxygen atoms in total. The number of hydrogen-bond donors (Lipinski definition) is 0. The van der Waals surface area contributed by atoms with E-state index < -0.39 is 13.0 Å². The van der Waals surface area contributed by atoms with Crippen LogP contribution in [0.25, 0.3) is 5.70 Å². The SMILES string of the molecule is COc1ccc(C2=CCC(C)C(=O)N2CC(F)F)c(C)c1. The number of allylic oxidation sites excluding steroid dienone is 1. The molecule has 1 aromatic carbocycles. The number of nitrogens with zero attached hydrogens (tertiary/aromatic N) is 1. The summed E-state index contributed by atoms with van der Waals surface area (Å²) >= 11 is 0.